The van der Waals surface area contributed by atoms with Gasteiger partial charge in [-0.15, -0.1) is 6.58 Å². The second-order valence-electron chi connectivity index (χ2n) is 3.44. The molecule has 1 atom stereocenters. The van der Waals surface area contributed by atoms with E-state index >= 15 is 0 Å². The molecule has 0 aliphatic rings. The van der Waals surface area contributed by atoms with Crippen molar-refractivity contribution in [3.8, 4) is 6.07 Å². The van der Waals surface area contributed by atoms with Gasteiger partial charge in [-0.3, -0.25) is 0 Å². The van der Waals surface area contributed by atoms with E-state index < -0.39 is 5.41 Å². The first kappa shape index (κ1) is 11.0. The van der Waals surface area contributed by atoms with E-state index in [9.17, 15) is 0 Å². The molecule has 1 nitrogen and oxygen atoms in total. The molecule has 0 saturated carbocycles. The van der Waals surface area contributed by atoms with Crippen molar-refractivity contribution < 1.29 is 0 Å². The molecule has 0 aliphatic heterocycles. The number of benzene rings is 1. The van der Waals surface area contributed by atoms with Crippen molar-refractivity contribution >= 4 is 15.9 Å². The normalized spacial score (nSPS) is 14.1. The van der Waals surface area contributed by atoms with Crippen LogP contribution in [0, 0.1) is 11.3 Å². The van der Waals surface area contributed by atoms with Gasteiger partial charge >= 0.3 is 0 Å². The third-order valence-corrected chi connectivity index (χ3v) is 2.81. The van der Waals surface area contributed by atoms with Crippen LogP contribution in [0.2, 0.25) is 0 Å². The summed E-state index contributed by atoms with van der Waals surface area (Å²) in [5.74, 6) is 0. The van der Waals surface area contributed by atoms with Gasteiger partial charge in [0.1, 0.15) is 0 Å². The third kappa shape index (κ3) is 2.24. The number of hydrogen-bond acceptors (Lipinski definition) is 1. The number of nitriles is 1. The van der Waals surface area contributed by atoms with Crippen molar-refractivity contribution in [3.05, 3.63) is 47.0 Å². The van der Waals surface area contributed by atoms with Gasteiger partial charge in [0.2, 0.25) is 0 Å². The molecule has 1 unspecified atom stereocenters. The highest BCUT2D eigenvalue weighted by Gasteiger charge is 2.24. The zero-order chi connectivity index (χ0) is 10.6. The Labute approximate surface area is 93.2 Å². The van der Waals surface area contributed by atoms with Crippen LogP contribution in [0.1, 0.15) is 18.9 Å². The number of allylic oxidation sites excluding steroid dienone is 1. The number of rotatable bonds is 3. The van der Waals surface area contributed by atoms with Gasteiger partial charge in [-0.1, -0.05) is 34.1 Å². The Kier molecular flexibility index (Phi) is 3.49. The Balaban J connectivity index is 3.07. The molecule has 0 spiro atoms. The lowest BCUT2D eigenvalue weighted by Gasteiger charge is -2.19. The zero-order valence-electron chi connectivity index (χ0n) is 8.13. The monoisotopic (exact) mass is 249 g/mol. The van der Waals surface area contributed by atoms with Crippen LogP contribution in [0.3, 0.4) is 0 Å². The van der Waals surface area contributed by atoms with Gasteiger partial charge in [0.15, 0.2) is 0 Å². The molecule has 0 aromatic heterocycles. The second-order valence-corrected chi connectivity index (χ2v) is 4.36. The van der Waals surface area contributed by atoms with Crippen LogP contribution < -0.4 is 0 Å². The summed E-state index contributed by atoms with van der Waals surface area (Å²) >= 11 is 3.37. The van der Waals surface area contributed by atoms with Crippen LogP contribution in [0.5, 0.6) is 0 Å². The molecule has 0 aliphatic carbocycles. The maximum atomic E-state index is 9.13. The molecular formula is C12H12BrN. The van der Waals surface area contributed by atoms with E-state index in [-0.39, 0.29) is 0 Å². The number of halogens is 1. The van der Waals surface area contributed by atoms with E-state index in [4.69, 9.17) is 5.26 Å². The van der Waals surface area contributed by atoms with Crippen LogP contribution in [0.25, 0.3) is 0 Å². The van der Waals surface area contributed by atoms with Crippen molar-refractivity contribution in [1.82, 2.24) is 0 Å². The Morgan fingerprint density at radius 2 is 2.07 bits per heavy atom. The van der Waals surface area contributed by atoms with Crippen molar-refractivity contribution in [2.75, 3.05) is 0 Å². The lowest BCUT2D eigenvalue weighted by Crippen LogP contribution is -2.18. The van der Waals surface area contributed by atoms with Gasteiger partial charge in [0.05, 0.1) is 11.5 Å². The van der Waals surface area contributed by atoms with E-state index in [2.05, 4.69) is 28.6 Å². The molecule has 0 fully saturated rings. The minimum atomic E-state index is -0.456. The fourth-order valence-corrected chi connectivity index (χ4v) is 1.60. The standard InChI is InChI=1S/C12H12BrN/c1-3-8-12(2,9-14)10-4-6-11(13)7-5-10/h3-7H,1,8H2,2H3. The molecule has 14 heavy (non-hydrogen) atoms. The van der Waals surface area contributed by atoms with E-state index in [1.165, 1.54) is 0 Å². The molecule has 72 valence electrons. The number of hydrogen-bond donors (Lipinski definition) is 0. The molecule has 1 aromatic carbocycles. The largest absolute Gasteiger partial charge is 0.197 e. The topological polar surface area (TPSA) is 23.8 Å². The summed E-state index contributed by atoms with van der Waals surface area (Å²) in [6.45, 7) is 5.60. The van der Waals surface area contributed by atoms with Gasteiger partial charge in [-0.25, -0.2) is 0 Å². The summed E-state index contributed by atoms with van der Waals surface area (Å²) in [4.78, 5) is 0. The minimum absolute atomic E-state index is 0.456. The van der Waals surface area contributed by atoms with Crippen molar-refractivity contribution in [2.45, 2.75) is 18.8 Å². The summed E-state index contributed by atoms with van der Waals surface area (Å²) in [6, 6.07) is 10.2. The van der Waals surface area contributed by atoms with E-state index in [1.807, 2.05) is 31.2 Å². The highest BCUT2D eigenvalue weighted by atomic mass is 79.9. The van der Waals surface area contributed by atoms with Crippen LogP contribution >= 0.6 is 15.9 Å². The molecule has 2 heteroatoms. The maximum Gasteiger partial charge on any atom is 0.0828 e. The Morgan fingerprint density at radius 1 is 1.50 bits per heavy atom. The summed E-state index contributed by atoms with van der Waals surface area (Å²) in [6.07, 6.45) is 2.45. The van der Waals surface area contributed by atoms with Gasteiger partial charge < -0.3 is 0 Å². The minimum Gasteiger partial charge on any atom is -0.197 e. The average Bonchev–Trinajstić information content (AvgIpc) is 2.19. The Hall–Kier alpha value is -1.07. The molecule has 0 N–H and O–H groups in total. The molecule has 0 saturated heterocycles. The van der Waals surface area contributed by atoms with Gasteiger partial charge in [0, 0.05) is 4.47 Å². The molecule has 1 aromatic rings. The molecule has 0 amide bonds. The van der Waals surface area contributed by atoms with Crippen molar-refractivity contribution in [2.24, 2.45) is 0 Å². The second kappa shape index (κ2) is 4.43. The number of nitrogens with zero attached hydrogens (tertiary/aromatic N) is 1. The quantitative estimate of drug-likeness (QED) is 0.748. The summed E-state index contributed by atoms with van der Waals surface area (Å²) in [5, 5.41) is 9.13. The smallest absolute Gasteiger partial charge is 0.0828 e. The maximum absolute atomic E-state index is 9.13. The zero-order valence-corrected chi connectivity index (χ0v) is 9.71. The molecule has 0 radical (unpaired) electrons. The predicted octanol–water partition coefficient (Wildman–Crippen LogP) is 3.81. The average molecular weight is 250 g/mol. The summed E-state index contributed by atoms with van der Waals surface area (Å²) < 4.78 is 1.03. The summed E-state index contributed by atoms with van der Waals surface area (Å²) in [5.41, 5.74) is 0.575. The van der Waals surface area contributed by atoms with Crippen molar-refractivity contribution in [3.63, 3.8) is 0 Å². The van der Waals surface area contributed by atoms with E-state index in [0.717, 1.165) is 10.0 Å². The van der Waals surface area contributed by atoms with Crippen LogP contribution in [0.4, 0.5) is 0 Å². The molecule has 0 heterocycles. The SMILES string of the molecule is C=CCC(C)(C#N)c1ccc(Br)cc1. The lowest BCUT2D eigenvalue weighted by atomic mass is 9.81. The van der Waals surface area contributed by atoms with Gasteiger partial charge in [-0.05, 0) is 31.0 Å². The van der Waals surface area contributed by atoms with E-state index in [1.54, 1.807) is 6.08 Å². The van der Waals surface area contributed by atoms with Crippen molar-refractivity contribution in [1.29, 1.82) is 5.26 Å². The van der Waals surface area contributed by atoms with Crippen LogP contribution in [-0.4, -0.2) is 0 Å². The van der Waals surface area contributed by atoms with Crippen LogP contribution in [-0.2, 0) is 5.41 Å². The fourth-order valence-electron chi connectivity index (χ4n) is 1.33. The summed E-state index contributed by atoms with van der Waals surface area (Å²) in [7, 11) is 0. The first-order chi connectivity index (χ1) is 6.62. The van der Waals surface area contributed by atoms with E-state index in [0.29, 0.717) is 6.42 Å². The Bertz CT molecular complexity index is 361. The molecular weight excluding hydrogens is 238 g/mol. The lowest BCUT2D eigenvalue weighted by molar-refractivity contribution is 0.621. The van der Waals surface area contributed by atoms with Crippen LogP contribution in [0.15, 0.2) is 41.4 Å². The fraction of sp³-hybridized carbons (Fsp3) is 0.250. The van der Waals surface area contributed by atoms with Gasteiger partial charge in [-0.2, -0.15) is 5.26 Å². The highest BCUT2D eigenvalue weighted by Crippen LogP contribution is 2.28. The highest BCUT2D eigenvalue weighted by molar-refractivity contribution is 9.10. The third-order valence-electron chi connectivity index (χ3n) is 2.28. The first-order valence-electron chi connectivity index (χ1n) is 4.40. The molecule has 1 rings (SSSR count). The van der Waals surface area contributed by atoms with Gasteiger partial charge in [0.25, 0.3) is 0 Å². The first-order valence-corrected chi connectivity index (χ1v) is 5.20. The Morgan fingerprint density at radius 3 is 2.50 bits per heavy atom. The molecule has 0 bridgehead atoms. The predicted molar refractivity (Wildman–Crippen MR) is 61.9 cm³/mol.